The predicted molar refractivity (Wildman–Crippen MR) is 76.0 cm³/mol. The van der Waals surface area contributed by atoms with Gasteiger partial charge < -0.3 is 10.1 Å². The van der Waals surface area contributed by atoms with Crippen molar-refractivity contribution in [3.8, 4) is 0 Å². The Kier molecular flexibility index (Phi) is 4.13. The Morgan fingerprint density at radius 3 is 3.25 bits per heavy atom. The van der Waals surface area contributed by atoms with Gasteiger partial charge in [-0.3, -0.25) is 10.2 Å². The molecular formula is C12H19N5O2S. The number of carbonyl (C=O) groups excluding carboxylic acids is 1. The van der Waals surface area contributed by atoms with E-state index < -0.39 is 0 Å². The fraction of sp³-hybridized carbons (Fsp3) is 0.750. The Bertz CT molecular complexity index is 480. The van der Waals surface area contributed by atoms with E-state index in [4.69, 9.17) is 4.74 Å². The molecule has 2 N–H and O–H groups in total. The summed E-state index contributed by atoms with van der Waals surface area (Å²) in [6.07, 6.45) is 2.56. The van der Waals surface area contributed by atoms with Gasteiger partial charge in [0.2, 0.25) is 5.13 Å². The van der Waals surface area contributed by atoms with Gasteiger partial charge in [-0.15, -0.1) is 10.2 Å². The van der Waals surface area contributed by atoms with Crippen molar-refractivity contribution in [2.24, 2.45) is 0 Å². The molecule has 0 spiro atoms. The SMILES string of the molecule is Cc1nnc(NC(=O)NC[C@H]2CN3CCC[C@H]3CO2)s1. The van der Waals surface area contributed by atoms with Gasteiger partial charge in [0.15, 0.2) is 0 Å². The monoisotopic (exact) mass is 297 g/mol. The molecule has 0 saturated carbocycles. The van der Waals surface area contributed by atoms with Crippen LogP contribution in [0.5, 0.6) is 0 Å². The third-order valence-corrected chi connectivity index (χ3v) is 4.45. The largest absolute Gasteiger partial charge is 0.373 e. The molecule has 0 aliphatic carbocycles. The van der Waals surface area contributed by atoms with Crippen molar-refractivity contribution in [3.63, 3.8) is 0 Å². The van der Waals surface area contributed by atoms with Gasteiger partial charge in [-0.05, 0) is 26.3 Å². The van der Waals surface area contributed by atoms with Crippen molar-refractivity contribution in [3.05, 3.63) is 5.01 Å². The molecular weight excluding hydrogens is 278 g/mol. The Morgan fingerprint density at radius 1 is 1.55 bits per heavy atom. The number of nitrogens with zero attached hydrogens (tertiary/aromatic N) is 3. The molecule has 110 valence electrons. The summed E-state index contributed by atoms with van der Waals surface area (Å²) in [5.74, 6) is 0. The van der Waals surface area contributed by atoms with Crippen LogP contribution in [0.15, 0.2) is 0 Å². The minimum atomic E-state index is -0.256. The van der Waals surface area contributed by atoms with Crippen LogP contribution in [0.2, 0.25) is 0 Å². The van der Waals surface area contributed by atoms with Gasteiger partial charge in [0.25, 0.3) is 0 Å². The number of hydrogen-bond acceptors (Lipinski definition) is 6. The van der Waals surface area contributed by atoms with Gasteiger partial charge in [0.05, 0.1) is 12.7 Å². The minimum Gasteiger partial charge on any atom is -0.373 e. The average Bonchev–Trinajstić information content (AvgIpc) is 3.04. The molecule has 3 rings (SSSR count). The summed E-state index contributed by atoms with van der Waals surface area (Å²) < 4.78 is 5.79. The van der Waals surface area contributed by atoms with Crippen molar-refractivity contribution in [1.82, 2.24) is 20.4 Å². The predicted octanol–water partition coefficient (Wildman–Crippen LogP) is 0.831. The van der Waals surface area contributed by atoms with Gasteiger partial charge in [0, 0.05) is 19.1 Å². The summed E-state index contributed by atoms with van der Waals surface area (Å²) in [7, 11) is 0. The molecule has 0 unspecified atom stereocenters. The second-order valence-corrected chi connectivity index (χ2v) is 6.39. The van der Waals surface area contributed by atoms with Gasteiger partial charge in [-0.1, -0.05) is 11.3 Å². The maximum absolute atomic E-state index is 11.7. The second kappa shape index (κ2) is 6.02. The van der Waals surface area contributed by atoms with E-state index in [9.17, 15) is 4.79 Å². The van der Waals surface area contributed by atoms with Crippen LogP contribution in [-0.2, 0) is 4.74 Å². The lowest BCUT2D eigenvalue weighted by Gasteiger charge is -2.35. The Hall–Kier alpha value is -1.25. The fourth-order valence-electron chi connectivity index (χ4n) is 2.70. The van der Waals surface area contributed by atoms with E-state index in [1.165, 1.54) is 24.2 Å². The molecule has 3 heterocycles. The molecule has 8 heteroatoms. The smallest absolute Gasteiger partial charge is 0.321 e. The van der Waals surface area contributed by atoms with Crippen molar-refractivity contribution >= 4 is 22.5 Å². The molecule has 0 aromatic carbocycles. The summed E-state index contributed by atoms with van der Waals surface area (Å²) in [4.78, 5) is 14.2. The summed E-state index contributed by atoms with van der Waals surface area (Å²) >= 11 is 1.36. The molecule has 2 atom stereocenters. The lowest BCUT2D eigenvalue weighted by Crippen LogP contribution is -2.50. The molecule has 2 aliphatic heterocycles. The standard InChI is InChI=1S/C12H19N5O2S/c1-8-15-16-12(20-8)14-11(18)13-5-10-6-17-4-2-3-9(17)7-19-10/h9-10H,2-7H2,1H3,(H2,13,14,16,18)/t9-,10-/m0/s1. The summed E-state index contributed by atoms with van der Waals surface area (Å²) in [5.41, 5.74) is 0. The van der Waals surface area contributed by atoms with Crippen LogP contribution in [0.4, 0.5) is 9.93 Å². The molecule has 0 radical (unpaired) electrons. The highest BCUT2D eigenvalue weighted by molar-refractivity contribution is 7.15. The van der Waals surface area contributed by atoms with E-state index in [0.717, 1.165) is 24.7 Å². The highest BCUT2D eigenvalue weighted by Gasteiger charge is 2.32. The first-order valence-corrected chi connectivity index (χ1v) is 7.73. The first-order valence-electron chi connectivity index (χ1n) is 6.91. The number of carbonyl (C=O) groups is 1. The van der Waals surface area contributed by atoms with Crippen LogP contribution >= 0.6 is 11.3 Å². The highest BCUT2D eigenvalue weighted by atomic mass is 32.1. The zero-order valence-electron chi connectivity index (χ0n) is 11.5. The molecule has 1 aromatic heterocycles. The maximum atomic E-state index is 11.7. The number of nitrogens with one attached hydrogen (secondary N) is 2. The first-order chi connectivity index (χ1) is 9.70. The van der Waals surface area contributed by atoms with E-state index >= 15 is 0 Å². The third kappa shape index (κ3) is 3.25. The first kappa shape index (κ1) is 13.7. The quantitative estimate of drug-likeness (QED) is 0.864. The van der Waals surface area contributed by atoms with E-state index in [2.05, 4.69) is 25.7 Å². The topological polar surface area (TPSA) is 79.4 Å². The third-order valence-electron chi connectivity index (χ3n) is 3.70. The van der Waals surface area contributed by atoms with E-state index in [1.54, 1.807) is 0 Å². The number of morpholine rings is 1. The minimum absolute atomic E-state index is 0.0752. The molecule has 1 aromatic rings. The Balaban J connectivity index is 1.41. The van der Waals surface area contributed by atoms with Crippen molar-refractivity contribution in [2.45, 2.75) is 31.9 Å². The molecule has 2 amide bonds. The maximum Gasteiger partial charge on any atom is 0.321 e. The van der Waals surface area contributed by atoms with Crippen LogP contribution in [0.3, 0.4) is 0 Å². The molecule has 2 aliphatic rings. The number of anilines is 1. The number of hydrogen-bond donors (Lipinski definition) is 2. The van der Waals surface area contributed by atoms with Crippen molar-refractivity contribution in [1.29, 1.82) is 0 Å². The number of ether oxygens (including phenoxy) is 1. The fourth-order valence-corrected chi connectivity index (χ4v) is 3.29. The van der Waals surface area contributed by atoms with E-state index in [-0.39, 0.29) is 12.1 Å². The number of rotatable bonds is 3. The van der Waals surface area contributed by atoms with Crippen LogP contribution in [0.1, 0.15) is 17.8 Å². The van der Waals surface area contributed by atoms with Gasteiger partial charge in [-0.25, -0.2) is 4.79 Å². The summed E-state index contributed by atoms with van der Waals surface area (Å²) in [5, 5.41) is 14.6. The van der Waals surface area contributed by atoms with E-state index in [1.807, 2.05) is 6.92 Å². The summed E-state index contributed by atoms with van der Waals surface area (Å²) in [6.45, 7) is 5.21. The normalized spacial score (nSPS) is 26.2. The van der Waals surface area contributed by atoms with Gasteiger partial charge >= 0.3 is 6.03 Å². The van der Waals surface area contributed by atoms with Crippen LogP contribution in [0.25, 0.3) is 0 Å². The molecule has 20 heavy (non-hydrogen) atoms. The molecule has 2 saturated heterocycles. The van der Waals surface area contributed by atoms with E-state index in [0.29, 0.717) is 17.7 Å². The van der Waals surface area contributed by atoms with Crippen LogP contribution in [0, 0.1) is 6.92 Å². The average molecular weight is 297 g/mol. The van der Waals surface area contributed by atoms with Crippen LogP contribution < -0.4 is 10.6 Å². The van der Waals surface area contributed by atoms with Crippen molar-refractivity contribution in [2.75, 3.05) is 31.6 Å². The Morgan fingerprint density at radius 2 is 2.45 bits per heavy atom. The van der Waals surface area contributed by atoms with Gasteiger partial charge in [0.1, 0.15) is 5.01 Å². The lowest BCUT2D eigenvalue weighted by molar-refractivity contribution is -0.0456. The number of fused-ring (bicyclic) bond motifs is 1. The number of amides is 2. The highest BCUT2D eigenvalue weighted by Crippen LogP contribution is 2.22. The molecule has 0 bridgehead atoms. The van der Waals surface area contributed by atoms with Crippen LogP contribution in [-0.4, -0.2) is 59.5 Å². The number of aryl methyl sites for hydroxylation is 1. The second-order valence-electron chi connectivity index (χ2n) is 5.21. The van der Waals surface area contributed by atoms with Gasteiger partial charge in [-0.2, -0.15) is 0 Å². The lowest BCUT2D eigenvalue weighted by atomic mass is 10.2. The number of urea groups is 1. The molecule has 7 nitrogen and oxygen atoms in total. The zero-order chi connectivity index (χ0) is 13.9. The molecule has 2 fully saturated rings. The van der Waals surface area contributed by atoms with Crippen molar-refractivity contribution < 1.29 is 9.53 Å². The summed E-state index contributed by atoms with van der Waals surface area (Å²) in [6, 6.07) is 0.331. The Labute approximate surface area is 121 Å². The number of aromatic nitrogens is 2. The zero-order valence-corrected chi connectivity index (χ0v) is 12.3.